The first-order valence-corrected chi connectivity index (χ1v) is 9.40. The van der Waals surface area contributed by atoms with Crippen molar-refractivity contribution in [2.75, 3.05) is 0 Å². The molecule has 0 aromatic rings. The largest absolute Gasteiger partial charge is 0.351 e. The minimum absolute atomic E-state index is 0.381. The summed E-state index contributed by atoms with van der Waals surface area (Å²) in [6.07, 6.45) is 21.5. The Morgan fingerprint density at radius 2 is 1.09 bits per heavy atom. The fraction of sp³-hybridized carbons (Fsp3) is 0.895. The van der Waals surface area contributed by atoms with Gasteiger partial charge < -0.3 is 4.74 Å². The SMILES string of the molecule is CCCCCCCCCCCCCCCCCC(=O)OC#N. The zero-order chi connectivity index (χ0) is 16.3. The van der Waals surface area contributed by atoms with Crippen LogP contribution in [-0.4, -0.2) is 5.97 Å². The molecule has 0 fully saturated rings. The van der Waals surface area contributed by atoms with Crippen LogP contribution in [0.4, 0.5) is 0 Å². The summed E-state index contributed by atoms with van der Waals surface area (Å²) >= 11 is 0. The Labute approximate surface area is 137 Å². The number of unbranched alkanes of at least 4 members (excludes halogenated alkanes) is 14. The van der Waals surface area contributed by atoms with Crippen LogP contribution >= 0.6 is 0 Å². The van der Waals surface area contributed by atoms with Crippen LogP contribution in [0.1, 0.15) is 110 Å². The predicted molar refractivity (Wildman–Crippen MR) is 91.3 cm³/mol. The third-order valence-electron chi connectivity index (χ3n) is 4.14. The summed E-state index contributed by atoms with van der Waals surface area (Å²) in [6.45, 7) is 2.27. The van der Waals surface area contributed by atoms with Gasteiger partial charge in [-0.3, -0.25) is 4.79 Å². The number of esters is 1. The standard InChI is InChI=1S/C19H35NO2/c1-2-3-4-5-6-7-8-9-10-11-12-13-14-15-16-17-19(21)22-18-20/h2-17H2,1H3. The lowest BCUT2D eigenvalue weighted by Crippen LogP contribution is -1.98. The molecule has 0 heterocycles. The second-order valence-corrected chi connectivity index (χ2v) is 6.27. The van der Waals surface area contributed by atoms with Gasteiger partial charge in [0.25, 0.3) is 6.26 Å². The maximum Gasteiger partial charge on any atom is 0.321 e. The average molecular weight is 309 g/mol. The maximum absolute atomic E-state index is 10.9. The Bertz CT molecular complexity index is 284. The topological polar surface area (TPSA) is 50.1 Å². The molecule has 0 radical (unpaired) electrons. The average Bonchev–Trinajstić information content (AvgIpc) is 2.51. The molecule has 0 N–H and O–H groups in total. The van der Waals surface area contributed by atoms with Crippen molar-refractivity contribution in [3.63, 3.8) is 0 Å². The molecule has 0 saturated heterocycles. The zero-order valence-corrected chi connectivity index (χ0v) is 14.6. The molecule has 0 atom stereocenters. The maximum atomic E-state index is 10.9. The van der Waals surface area contributed by atoms with Crippen LogP contribution in [0.15, 0.2) is 0 Å². The first-order valence-electron chi connectivity index (χ1n) is 9.40. The molecule has 0 bridgehead atoms. The van der Waals surface area contributed by atoms with E-state index in [9.17, 15) is 4.79 Å². The van der Waals surface area contributed by atoms with E-state index < -0.39 is 5.97 Å². The highest BCUT2D eigenvalue weighted by atomic mass is 16.5. The molecule has 0 aliphatic carbocycles. The molecule has 0 aromatic heterocycles. The van der Waals surface area contributed by atoms with Gasteiger partial charge in [-0.2, -0.15) is 0 Å². The molecular formula is C19H35NO2. The lowest BCUT2D eigenvalue weighted by Gasteiger charge is -2.03. The Hall–Kier alpha value is -1.04. The van der Waals surface area contributed by atoms with Gasteiger partial charge in [0, 0.05) is 6.42 Å². The van der Waals surface area contributed by atoms with Crippen LogP contribution < -0.4 is 0 Å². The van der Waals surface area contributed by atoms with E-state index in [2.05, 4.69) is 11.7 Å². The molecule has 0 aromatic carbocycles. The lowest BCUT2D eigenvalue weighted by atomic mass is 10.0. The normalized spacial score (nSPS) is 10.4. The molecule has 0 aliphatic rings. The second-order valence-electron chi connectivity index (χ2n) is 6.27. The smallest absolute Gasteiger partial charge is 0.321 e. The number of ether oxygens (including phenoxy) is 1. The molecule has 0 saturated carbocycles. The van der Waals surface area contributed by atoms with E-state index in [4.69, 9.17) is 5.26 Å². The van der Waals surface area contributed by atoms with Gasteiger partial charge in [-0.1, -0.05) is 96.8 Å². The fourth-order valence-electron chi connectivity index (χ4n) is 2.74. The summed E-state index contributed by atoms with van der Waals surface area (Å²) < 4.78 is 4.23. The second kappa shape index (κ2) is 18.0. The molecule has 22 heavy (non-hydrogen) atoms. The third kappa shape index (κ3) is 17.0. The Morgan fingerprint density at radius 1 is 0.727 bits per heavy atom. The van der Waals surface area contributed by atoms with Gasteiger partial charge in [-0.05, 0) is 6.42 Å². The van der Waals surface area contributed by atoms with Crippen LogP contribution in [0.2, 0.25) is 0 Å². The van der Waals surface area contributed by atoms with Gasteiger partial charge in [0.15, 0.2) is 0 Å². The van der Waals surface area contributed by atoms with Crippen LogP contribution in [0, 0.1) is 11.5 Å². The molecule has 0 spiro atoms. The highest BCUT2D eigenvalue weighted by molar-refractivity contribution is 5.70. The molecular weight excluding hydrogens is 274 g/mol. The number of nitrogens with zero attached hydrogens (tertiary/aromatic N) is 1. The van der Waals surface area contributed by atoms with Gasteiger partial charge in [0.1, 0.15) is 0 Å². The highest BCUT2D eigenvalue weighted by Gasteiger charge is 2.01. The first kappa shape index (κ1) is 21.0. The van der Waals surface area contributed by atoms with E-state index >= 15 is 0 Å². The fourth-order valence-corrected chi connectivity index (χ4v) is 2.74. The first-order chi connectivity index (χ1) is 10.8. The molecule has 3 heteroatoms. The summed E-state index contributed by atoms with van der Waals surface area (Å²) in [6, 6.07) is 0. The van der Waals surface area contributed by atoms with Crippen molar-refractivity contribution in [1.29, 1.82) is 5.26 Å². The Balaban J connectivity index is 3.03. The van der Waals surface area contributed by atoms with E-state index in [0.29, 0.717) is 6.42 Å². The van der Waals surface area contributed by atoms with Crippen molar-refractivity contribution in [2.24, 2.45) is 0 Å². The van der Waals surface area contributed by atoms with Crippen molar-refractivity contribution >= 4 is 5.97 Å². The molecule has 0 unspecified atom stereocenters. The third-order valence-corrected chi connectivity index (χ3v) is 4.14. The number of carbonyl (C=O) groups is 1. The van der Waals surface area contributed by atoms with E-state index in [-0.39, 0.29) is 0 Å². The summed E-state index contributed by atoms with van der Waals surface area (Å²) in [5, 5.41) is 8.17. The Morgan fingerprint density at radius 3 is 1.45 bits per heavy atom. The zero-order valence-electron chi connectivity index (χ0n) is 14.6. The van der Waals surface area contributed by atoms with Crippen molar-refractivity contribution < 1.29 is 9.53 Å². The van der Waals surface area contributed by atoms with Gasteiger partial charge >= 0.3 is 5.97 Å². The predicted octanol–water partition coefficient (Wildman–Crippen LogP) is 6.27. The van der Waals surface area contributed by atoms with Crippen LogP contribution in [-0.2, 0) is 9.53 Å². The van der Waals surface area contributed by atoms with Crippen molar-refractivity contribution in [3.8, 4) is 6.26 Å². The van der Waals surface area contributed by atoms with Crippen LogP contribution in [0.3, 0.4) is 0 Å². The van der Waals surface area contributed by atoms with E-state index in [1.54, 1.807) is 0 Å². The van der Waals surface area contributed by atoms with Crippen LogP contribution in [0.5, 0.6) is 0 Å². The van der Waals surface area contributed by atoms with E-state index in [1.807, 2.05) is 0 Å². The van der Waals surface area contributed by atoms with Crippen molar-refractivity contribution in [3.05, 3.63) is 0 Å². The summed E-state index contributed by atoms with van der Waals surface area (Å²) in [7, 11) is 0. The number of hydrogen-bond donors (Lipinski definition) is 0. The number of carbonyl (C=O) groups excluding carboxylic acids is 1. The summed E-state index contributed by atoms with van der Waals surface area (Å²) in [5.74, 6) is -0.391. The molecule has 0 rings (SSSR count). The minimum Gasteiger partial charge on any atom is -0.351 e. The molecule has 0 aliphatic heterocycles. The van der Waals surface area contributed by atoms with E-state index in [1.165, 1.54) is 89.7 Å². The van der Waals surface area contributed by atoms with E-state index in [0.717, 1.165) is 12.8 Å². The molecule has 3 nitrogen and oxygen atoms in total. The summed E-state index contributed by atoms with van der Waals surface area (Å²) in [5.41, 5.74) is 0. The number of hydrogen-bond acceptors (Lipinski definition) is 3. The summed E-state index contributed by atoms with van der Waals surface area (Å²) in [4.78, 5) is 10.9. The van der Waals surface area contributed by atoms with Gasteiger partial charge in [-0.25, -0.2) is 0 Å². The molecule has 128 valence electrons. The molecule has 0 amide bonds. The highest BCUT2D eigenvalue weighted by Crippen LogP contribution is 2.13. The van der Waals surface area contributed by atoms with Crippen molar-refractivity contribution in [1.82, 2.24) is 0 Å². The lowest BCUT2D eigenvalue weighted by molar-refractivity contribution is -0.137. The Kier molecular flexibility index (Phi) is 17.2. The minimum atomic E-state index is -0.391. The van der Waals surface area contributed by atoms with Gasteiger partial charge in [0.2, 0.25) is 0 Å². The van der Waals surface area contributed by atoms with Crippen LogP contribution in [0.25, 0.3) is 0 Å². The number of nitriles is 1. The monoisotopic (exact) mass is 309 g/mol. The quantitative estimate of drug-likeness (QED) is 0.192. The van der Waals surface area contributed by atoms with Gasteiger partial charge in [-0.15, -0.1) is 5.26 Å². The van der Waals surface area contributed by atoms with Gasteiger partial charge in [0.05, 0.1) is 0 Å². The van der Waals surface area contributed by atoms with Crippen molar-refractivity contribution in [2.45, 2.75) is 110 Å². The number of rotatable bonds is 16.